The van der Waals surface area contributed by atoms with E-state index in [-0.39, 0.29) is 5.91 Å². The standard InChI is InChI=1S/C14H30N2O/c1-4-5-6-7-8-9-10-11-12-13-14(17)15-16(2)3/h4-13H2,1-3H3,(H,15,17). The third kappa shape index (κ3) is 13.4. The molecule has 0 saturated heterocycles. The highest BCUT2D eigenvalue weighted by Gasteiger charge is 2.00. The maximum absolute atomic E-state index is 11.3. The molecular weight excluding hydrogens is 212 g/mol. The zero-order valence-corrected chi connectivity index (χ0v) is 11.9. The molecule has 0 atom stereocenters. The molecule has 0 aliphatic rings. The minimum atomic E-state index is 0.137. The summed E-state index contributed by atoms with van der Waals surface area (Å²) in [5.74, 6) is 0.137. The van der Waals surface area contributed by atoms with Gasteiger partial charge in [-0.25, -0.2) is 5.01 Å². The van der Waals surface area contributed by atoms with E-state index in [9.17, 15) is 4.79 Å². The van der Waals surface area contributed by atoms with E-state index in [0.29, 0.717) is 6.42 Å². The lowest BCUT2D eigenvalue weighted by Crippen LogP contribution is -2.35. The van der Waals surface area contributed by atoms with Crippen molar-refractivity contribution < 1.29 is 4.79 Å². The van der Waals surface area contributed by atoms with E-state index in [1.807, 2.05) is 14.1 Å². The van der Waals surface area contributed by atoms with E-state index in [2.05, 4.69) is 12.3 Å². The van der Waals surface area contributed by atoms with Crippen LogP contribution in [0.15, 0.2) is 0 Å². The van der Waals surface area contributed by atoms with Crippen molar-refractivity contribution in [3.63, 3.8) is 0 Å². The Morgan fingerprint density at radius 1 is 0.882 bits per heavy atom. The van der Waals surface area contributed by atoms with Gasteiger partial charge in [0.1, 0.15) is 0 Å². The van der Waals surface area contributed by atoms with Gasteiger partial charge in [0.15, 0.2) is 0 Å². The second kappa shape index (κ2) is 11.9. The predicted octanol–water partition coefficient (Wildman–Crippen LogP) is 3.50. The second-order valence-electron chi connectivity index (χ2n) is 5.01. The molecule has 102 valence electrons. The normalized spacial score (nSPS) is 10.8. The summed E-state index contributed by atoms with van der Waals surface area (Å²) in [7, 11) is 3.68. The molecule has 0 aromatic heterocycles. The van der Waals surface area contributed by atoms with Crippen LogP contribution in [0, 0.1) is 0 Å². The van der Waals surface area contributed by atoms with E-state index in [4.69, 9.17) is 0 Å². The van der Waals surface area contributed by atoms with Gasteiger partial charge >= 0.3 is 0 Å². The zero-order valence-electron chi connectivity index (χ0n) is 11.9. The van der Waals surface area contributed by atoms with Gasteiger partial charge in [-0.1, -0.05) is 58.3 Å². The topological polar surface area (TPSA) is 32.3 Å². The van der Waals surface area contributed by atoms with Crippen LogP contribution in [0.5, 0.6) is 0 Å². The molecular formula is C14H30N2O. The zero-order chi connectivity index (χ0) is 12.9. The summed E-state index contributed by atoms with van der Waals surface area (Å²) >= 11 is 0. The Morgan fingerprint density at radius 2 is 1.35 bits per heavy atom. The van der Waals surface area contributed by atoms with Crippen LogP contribution in [0.4, 0.5) is 0 Å². The summed E-state index contributed by atoms with van der Waals surface area (Å²) in [5.41, 5.74) is 2.76. The van der Waals surface area contributed by atoms with Gasteiger partial charge in [-0.15, -0.1) is 0 Å². The summed E-state index contributed by atoms with van der Waals surface area (Å²) in [6.45, 7) is 2.25. The Bertz CT molecular complexity index is 181. The molecule has 0 aromatic carbocycles. The lowest BCUT2D eigenvalue weighted by atomic mass is 10.1. The van der Waals surface area contributed by atoms with Gasteiger partial charge in [0.2, 0.25) is 5.91 Å². The fourth-order valence-corrected chi connectivity index (χ4v) is 1.90. The third-order valence-electron chi connectivity index (χ3n) is 2.86. The quantitative estimate of drug-likeness (QED) is 0.444. The van der Waals surface area contributed by atoms with Crippen molar-refractivity contribution in [2.45, 2.75) is 71.1 Å². The molecule has 1 N–H and O–H groups in total. The summed E-state index contributed by atoms with van der Waals surface area (Å²) in [6.07, 6.45) is 12.3. The monoisotopic (exact) mass is 242 g/mol. The molecule has 0 radical (unpaired) electrons. The Labute approximate surface area is 107 Å². The number of carbonyl (C=O) groups is 1. The summed E-state index contributed by atoms with van der Waals surface area (Å²) in [5, 5.41) is 1.70. The van der Waals surface area contributed by atoms with Gasteiger partial charge in [-0.05, 0) is 6.42 Å². The summed E-state index contributed by atoms with van der Waals surface area (Å²) in [4.78, 5) is 11.3. The first-order valence-corrected chi connectivity index (χ1v) is 7.13. The smallest absolute Gasteiger partial charge is 0.234 e. The average molecular weight is 242 g/mol. The van der Waals surface area contributed by atoms with Gasteiger partial charge in [0.25, 0.3) is 0 Å². The SMILES string of the molecule is CCCCCCCCCCCC(=O)NN(C)C. The Hall–Kier alpha value is -0.570. The molecule has 0 rings (SSSR count). The molecule has 0 bridgehead atoms. The maximum Gasteiger partial charge on any atom is 0.234 e. The van der Waals surface area contributed by atoms with Crippen molar-refractivity contribution in [1.82, 2.24) is 10.4 Å². The van der Waals surface area contributed by atoms with Crippen molar-refractivity contribution in [3.05, 3.63) is 0 Å². The molecule has 1 amide bonds. The minimum Gasteiger partial charge on any atom is -0.289 e. The Morgan fingerprint density at radius 3 is 1.82 bits per heavy atom. The molecule has 0 aromatic rings. The van der Waals surface area contributed by atoms with Crippen molar-refractivity contribution in [3.8, 4) is 0 Å². The van der Waals surface area contributed by atoms with Crippen molar-refractivity contribution >= 4 is 5.91 Å². The van der Waals surface area contributed by atoms with E-state index in [1.165, 1.54) is 51.4 Å². The minimum absolute atomic E-state index is 0.137. The lowest BCUT2D eigenvalue weighted by molar-refractivity contribution is -0.124. The van der Waals surface area contributed by atoms with E-state index in [1.54, 1.807) is 5.01 Å². The van der Waals surface area contributed by atoms with Crippen molar-refractivity contribution in [2.24, 2.45) is 0 Å². The lowest BCUT2D eigenvalue weighted by Gasteiger charge is -2.11. The van der Waals surface area contributed by atoms with Crippen LogP contribution in [0.3, 0.4) is 0 Å². The van der Waals surface area contributed by atoms with Gasteiger partial charge in [0, 0.05) is 20.5 Å². The van der Waals surface area contributed by atoms with Gasteiger partial charge in [-0.2, -0.15) is 0 Å². The number of rotatable bonds is 11. The molecule has 0 aliphatic carbocycles. The third-order valence-corrected chi connectivity index (χ3v) is 2.86. The molecule has 0 fully saturated rings. The molecule has 17 heavy (non-hydrogen) atoms. The number of nitrogens with zero attached hydrogens (tertiary/aromatic N) is 1. The van der Waals surface area contributed by atoms with Gasteiger partial charge in [-0.3, -0.25) is 10.2 Å². The highest BCUT2D eigenvalue weighted by atomic mass is 16.2. The van der Waals surface area contributed by atoms with Crippen LogP contribution >= 0.6 is 0 Å². The number of hydrazine groups is 1. The van der Waals surface area contributed by atoms with Crippen LogP contribution in [-0.4, -0.2) is 25.0 Å². The number of carbonyl (C=O) groups excluding carboxylic acids is 1. The Kier molecular flexibility index (Phi) is 11.5. The number of unbranched alkanes of at least 4 members (excludes halogenated alkanes) is 8. The Balaban J connectivity index is 3.10. The highest BCUT2D eigenvalue weighted by Crippen LogP contribution is 2.10. The van der Waals surface area contributed by atoms with E-state index >= 15 is 0 Å². The van der Waals surface area contributed by atoms with Crippen LogP contribution in [0.1, 0.15) is 71.1 Å². The fraction of sp³-hybridized carbons (Fsp3) is 0.929. The molecule has 0 spiro atoms. The van der Waals surface area contributed by atoms with Gasteiger partial charge < -0.3 is 0 Å². The first-order valence-electron chi connectivity index (χ1n) is 7.13. The number of hydrogen-bond donors (Lipinski definition) is 1. The summed E-state index contributed by atoms with van der Waals surface area (Å²) < 4.78 is 0. The van der Waals surface area contributed by atoms with E-state index in [0.717, 1.165) is 6.42 Å². The molecule has 0 unspecified atom stereocenters. The maximum atomic E-state index is 11.3. The highest BCUT2D eigenvalue weighted by molar-refractivity contribution is 5.75. The predicted molar refractivity (Wildman–Crippen MR) is 73.7 cm³/mol. The molecule has 3 nitrogen and oxygen atoms in total. The van der Waals surface area contributed by atoms with Crippen LogP contribution in [-0.2, 0) is 4.79 Å². The van der Waals surface area contributed by atoms with Crippen LogP contribution < -0.4 is 5.43 Å². The number of amides is 1. The molecule has 0 saturated carbocycles. The summed E-state index contributed by atoms with van der Waals surface area (Å²) in [6, 6.07) is 0. The van der Waals surface area contributed by atoms with Crippen molar-refractivity contribution in [2.75, 3.05) is 14.1 Å². The first kappa shape index (κ1) is 16.4. The fourth-order valence-electron chi connectivity index (χ4n) is 1.90. The number of nitrogens with one attached hydrogen (secondary N) is 1. The second-order valence-corrected chi connectivity index (χ2v) is 5.01. The molecule has 0 heterocycles. The number of hydrogen-bond acceptors (Lipinski definition) is 2. The first-order chi connectivity index (χ1) is 8.16. The van der Waals surface area contributed by atoms with Crippen molar-refractivity contribution in [1.29, 1.82) is 0 Å². The average Bonchev–Trinajstić information content (AvgIpc) is 2.26. The van der Waals surface area contributed by atoms with Crippen LogP contribution in [0.2, 0.25) is 0 Å². The largest absolute Gasteiger partial charge is 0.289 e. The van der Waals surface area contributed by atoms with E-state index < -0.39 is 0 Å². The molecule has 0 aliphatic heterocycles. The van der Waals surface area contributed by atoms with Crippen LogP contribution in [0.25, 0.3) is 0 Å². The van der Waals surface area contributed by atoms with Gasteiger partial charge in [0.05, 0.1) is 0 Å². The molecule has 3 heteroatoms.